The molecule has 5 N–H and O–H groups in total. The third-order valence-electron chi connectivity index (χ3n) is 4.66. The van der Waals surface area contributed by atoms with Crippen LogP contribution in [-0.4, -0.2) is 28.2 Å². The molecule has 6 nitrogen and oxygen atoms in total. The molecule has 6 heteroatoms. The Morgan fingerprint density at radius 1 is 1.12 bits per heavy atom. The predicted molar refractivity (Wildman–Crippen MR) is 96.2 cm³/mol. The Bertz CT molecular complexity index is 717. The van der Waals surface area contributed by atoms with Crippen molar-refractivity contribution in [3.05, 3.63) is 52.6 Å². The monoisotopic (exact) mass is 327 g/mol. The quantitative estimate of drug-likeness (QED) is 0.767. The minimum Gasteiger partial charge on any atom is -0.383 e. The number of anilines is 1. The lowest BCUT2D eigenvalue weighted by molar-refractivity contribution is 0.344. The Labute approximate surface area is 141 Å². The summed E-state index contributed by atoms with van der Waals surface area (Å²) in [5.41, 5.74) is 13.1. The zero-order chi connectivity index (χ0) is 16.9. The van der Waals surface area contributed by atoms with Gasteiger partial charge >= 0.3 is 5.69 Å². The van der Waals surface area contributed by atoms with E-state index in [1.54, 1.807) is 12.3 Å². The van der Waals surface area contributed by atoms with Gasteiger partial charge in [-0.05, 0) is 62.4 Å². The van der Waals surface area contributed by atoms with E-state index in [1.165, 1.54) is 23.0 Å². The van der Waals surface area contributed by atoms with Crippen molar-refractivity contribution in [3.63, 3.8) is 0 Å². The number of nitrogens with two attached hydrogens (primary N) is 2. The van der Waals surface area contributed by atoms with Crippen LogP contribution in [0.2, 0.25) is 0 Å². The van der Waals surface area contributed by atoms with Gasteiger partial charge in [-0.3, -0.25) is 4.57 Å². The summed E-state index contributed by atoms with van der Waals surface area (Å²) in [6, 6.07) is 10.6. The van der Waals surface area contributed by atoms with Crippen molar-refractivity contribution in [1.29, 1.82) is 0 Å². The van der Waals surface area contributed by atoms with Crippen LogP contribution in [0.3, 0.4) is 0 Å². The van der Waals surface area contributed by atoms with Crippen LogP contribution >= 0.6 is 0 Å². The zero-order valence-corrected chi connectivity index (χ0v) is 13.8. The predicted octanol–water partition coefficient (Wildman–Crippen LogP) is 1.22. The number of nitrogens with zero attached hydrogens (tertiary/aromatic N) is 2. The van der Waals surface area contributed by atoms with Gasteiger partial charge in [0.15, 0.2) is 0 Å². The molecule has 0 spiro atoms. The maximum Gasteiger partial charge on any atom is 0.354 e. The van der Waals surface area contributed by atoms with Crippen molar-refractivity contribution in [2.75, 3.05) is 12.3 Å². The van der Waals surface area contributed by atoms with Crippen LogP contribution < -0.4 is 22.5 Å². The fourth-order valence-corrected chi connectivity index (χ4v) is 3.18. The standard InChI is InChI=1S/C18H25N5O/c19-14-3-5-15(6-4-14)21-11-9-13-1-7-16(8-2-13)23-12-10-17(20)22-18(23)24/h1-2,7-8,10,12,14-15,21H,3-6,9,11,19H2,(H2,20,22,24). The van der Waals surface area contributed by atoms with E-state index in [0.717, 1.165) is 31.5 Å². The maximum absolute atomic E-state index is 11.8. The van der Waals surface area contributed by atoms with Gasteiger partial charge in [0, 0.05) is 18.3 Å². The largest absolute Gasteiger partial charge is 0.383 e. The molecule has 1 aromatic heterocycles. The number of rotatable bonds is 5. The van der Waals surface area contributed by atoms with Crippen LogP contribution in [0.4, 0.5) is 5.82 Å². The van der Waals surface area contributed by atoms with Crippen molar-refractivity contribution >= 4 is 5.82 Å². The van der Waals surface area contributed by atoms with Gasteiger partial charge in [0.1, 0.15) is 5.82 Å². The van der Waals surface area contributed by atoms with Gasteiger partial charge in [-0.1, -0.05) is 12.1 Å². The Morgan fingerprint density at radius 3 is 2.50 bits per heavy atom. The summed E-state index contributed by atoms with van der Waals surface area (Å²) in [4.78, 5) is 15.6. The van der Waals surface area contributed by atoms with Gasteiger partial charge in [-0.15, -0.1) is 0 Å². The van der Waals surface area contributed by atoms with E-state index in [0.29, 0.717) is 12.1 Å². The van der Waals surface area contributed by atoms with Gasteiger partial charge in [0.25, 0.3) is 0 Å². The Morgan fingerprint density at radius 2 is 1.83 bits per heavy atom. The molecule has 0 saturated heterocycles. The summed E-state index contributed by atoms with van der Waals surface area (Å²) in [5.74, 6) is 0.239. The van der Waals surface area contributed by atoms with Crippen LogP contribution in [0.25, 0.3) is 5.69 Å². The lowest BCUT2D eigenvalue weighted by Gasteiger charge is -2.26. The molecule has 0 aliphatic heterocycles. The number of aromatic nitrogens is 2. The van der Waals surface area contributed by atoms with Crippen molar-refractivity contribution in [2.24, 2.45) is 5.73 Å². The van der Waals surface area contributed by atoms with E-state index in [1.807, 2.05) is 12.1 Å². The number of benzene rings is 1. The molecular formula is C18H25N5O. The molecule has 128 valence electrons. The first-order valence-electron chi connectivity index (χ1n) is 8.55. The van der Waals surface area contributed by atoms with Gasteiger partial charge in [-0.2, -0.15) is 4.98 Å². The Hall–Kier alpha value is -2.18. The average molecular weight is 327 g/mol. The van der Waals surface area contributed by atoms with E-state index in [-0.39, 0.29) is 11.5 Å². The molecule has 0 unspecified atom stereocenters. The molecule has 1 heterocycles. The molecule has 24 heavy (non-hydrogen) atoms. The molecule has 0 atom stereocenters. The SMILES string of the molecule is Nc1ccn(-c2ccc(CCNC3CCC(N)CC3)cc2)c(=O)n1. The summed E-state index contributed by atoms with van der Waals surface area (Å²) >= 11 is 0. The first-order chi connectivity index (χ1) is 11.6. The molecule has 0 bridgehead atoms. The van der Waals surface area contributed by atoms with E-state index in [2.05, 4.69) is 22.4 Å². The lowest BCUT2D eigenvalue weighted by atomic mass is 9.92. The highest BCUT2D eigenvalue weighted by atomic mass is 16.1. The van der Waals surface area contributed by atoms with Crippen molar-refractivity contribution < 1.29 is 0 Å². The summed E-state index contributed by atoms with van der Waals surface area (Å²) in [5, 5.41) is 3.62. The zero-order valence-electron chi connectivity index (χ0n) is 13.8. The Kier molecular flexibility index (Phi) is 5.27. The lowest BCUT2D eigenvalue weighted by Crippen LogP contribution is -2.38. The molecule has 1 saturated carbocycles. The summed E-state index contributed by atoms with van der Waals surface area (Å²) in [7, 11) is 0. The highest BCUT2D eigenvalue weighted by Gasteiger charge is 2.17. The molecule has 1 aliphatic rings. The third kappa shape index (κ3) is 4.21. The Balaban J connectivity index is 1.54. The van der Waals surface area contributed by atoms with E-state index < -0.39 is 0 Å². The van der Waals surface area contributed by atoms with Crippen LogP contribution in [0, 0.1) is 0 Å². The number of hydrogen-bond acceptors (Lipinski definition) is 5. The second kappa shape index (κ2) is 7.59. The fraction of sp³-hybridized carbons (Fsp3) is 0.444. The van der Waals surface area contributed by atoms with Gasteiger partial charge in [0.2, 0.25) is 0 Å². The van der Waals surface area contributed by atoms with Crippen molar-refractivity contribution in [3.8, 4) is 5.69 Å². The average Bonchev–Trinajstić information content (AvgIpc) is 2.58. The molecular weight excluding hydrogens is 302 g/mol. The molecule has 2 aromatic rings. The molecule has 1 aromatic carbocycles. The van der Waals surface area contributed by atoms with Gasteiger partial charge in [-0.25, -0.2) is 4.79 Å². The summed E-state index contributed by atoms with van der Waals surface area (Å²) in [6.45, 7) is 0.961. The van der Waals surface area contributed by atoms with Crippen molar-refractivity contribution in [2.45, 2.75) is 44.2 Å². The van der Waals surface area contributed by atoms with Crippen molar-refractivity contribution in [1.82, 2.24) is 14.9 Å². The smallest absolute Gasteiger partial charge is 0.354 e. The molecule has 0 radical (unpaired) electrons. The first-order valence-corrected chi connectivity index (χ1v) is 8.55. The maximum atomic E-state index is 11.8. The van der Waals surface area contributed by atoms with Crippen LogP contribution in [-0.2, 0) is 6.42 Å². The van der Waals surface area contributed by atoms with Crippen LogP contribution in [0.1, 0.15) is 31.2 Å². The number of nitrogens with one attached hydrogen (secondary N) is 1. The highest BCUT2D eigenvalue weighted by molar-refractivity contribution is 5.36. The van der Waals surface area contributed by atoms with E-state index in [4.69, 9.17) is 11.5 Å². The molecule has 0 amide bonds. The second-order valence-electron chi connectivity index (χ2n) is 6.49. The number of hydrogen-bond donors (Lipinski definition) is 3. The first kappa shape index (κ1) is 16.7. The third-order valence-corrected chi connectivity index (χ3v) is 4.66. The molecule has 1 fully saturated rings. The summed E-state index contributed by atoms with van der Waals surface area (Å²) < 4.78 is 1.49. The highest BCUT2D eigenvalue weighted by Crippen LogP contribution is 2.17. The van der Waals surface area contributed by atoms with E-state index in [9.17, 15) is 4.79 Å². The minimum atomic E-state index is -0.361. The van der Waals surface area contributed by atoms with Crippen LogP contribution in [0.5, 0.6) is 0 Å². The molecule has 1 aliphatic carbocycles. The van der Waals surface area contributed by atoms with Crippen LogP contribution in [0.15, 0.2) is 41.3 Å². The van der Waals surface area contributed by atoms with Gasteiger partial charge < -0.3 is 16.8 Å². The number of nitrogen functional groups attached to an aromatic ring is 1. The van der Waals surface area contributed by atoms with Gasteiger partial charge in [0.05, 0.1) is 5.69 Å². The topological polar surface area (TPSA) is 99.0 Å². The molecule has 3 rings (SSSR count). The normalized spacial score (nSPS) is 20.9. The minimum absolute atomic E-state index is 0.239. The summed E-state index contributed by atoms with van der Waals surface area (Å²) in [6.07, 6.45) is 7.21. The fourth-order valence-electron chi connectivity index (χ4n) is 3.18. The second-order valence-corrected chi connectivity index (χ2v) is 6.49. The van der Waals surface area contributed by atoms with E-state index >= 15 is 0 Å².